The Hall–Kier alpha value is -1.94. The van der Waals surface area contributed by atoms with Crippen molar-refractivity contribution in [3.63, 3.8) is 0 Å². The van der Waals surface area contributed by atoms with Gasteiger partial charge < -0.3 is 10.5 Å². The minimum atomic E-state index is 0.385. The number of benzene rings is 1. The van der Waals surface area contributed by atoms with E-state index >= 15 is 0 Å². The van der Waals surface area contributed by atoms with Crippen molar-refractivity contribution in [1.82, 2.24) is 10.2 Å². The van der Waals surface area contributed by atoms with Crippen LogP contribution in [0.4, 0.5) is 0 Å². The van der Waals surface area contributed by atoms with E-state index in [1.807, 2.05) is 32.0 Å². The van der Waals surface area contributed by atoms with Crippen molar-refractivity contribution in [3.8, 4) is 11.6 Å². The van der Waals surface area contributed by atoms with Crippen LogP contribution in [0.1, 0.15) is 16.7 Å². The molecule has 4 nitrogen and oxygen atoms in total. The molecule has 2 N–H and O–H groups in total. The van der Waals surface area contributed by atoms with Crippen LogP contribution in [0, 0.1) is 13.8 Å². The molecule has 0 spiro atoms. The Kier molecular flexibility index (Phi) is 3.35. The predicted octanol–water partition coefficient (Wildman–Crippen LogP) is 2.34. The summed E-state index contributed by atoms with van der Waals surface area (Å²) in [5.41, 5.74) is 8.76. The molecule has 0 radical (unpaired) electrons. The van der Waals surface area contributed by atoms with Crippen LogP contribution >= 0.6 is 0 Å². The summed E-state index contributed by atoms with van der Waals surface area (Å²) in [5.74, 6) is 1.23. The Morgan fingerprint density at radius 2 is 1.88 bits per heavy atom. The summed E-state index contributed by atoms with van der Waals surface area (Å²) in [6.45, 7) is 4.44. The van der Waals surface area contributed by atoms with Crippen molar-refractivity contribution >= 4 is 0 Å². The fourth-order valence-electron chi connectivity index (χ4n) is 1.69. The van der Waals surface area contributed by atoms with Crippen LogP contribution in [0.15, 0.2) is 30.5 Å². The number of aromatic nitrogens is 2. The molecular weight excluding hydrogens is 214 g/mol. The zero-order chi connectivity index (χ0) is 12.3. The summed E-state index contributed by atoms with van der Waals surface area (Å²) in [7, 11) is 0. The van der Waals surface area contributed by atoms with E-state index in [4.69, 9.17) is 10.5 Å². The summed E-state index contributed by atoms with van der Waals surface area (Å²) in [6.07, 6.45) is 1.61. The molecule has 0 saturated carbocycles. The van der Waals surface area contributed by atoms with Crippen LogP contribution in [-0.2, 0) is 6.54 Å². The molecule has 0 aliphatic rings. The second-order valence-corrected chi connectivity index (χ2v) is 3.99. The molecule has 2 aromatic rings. The van der Waals surface area contributed by atoms with E-state index in [1.165, 1.54) is 0 Å². The molecule has 4 heteroatoms. The number of rotatable bonds is 3. The lowest BCUT2D eigenvalue weighted by Gasteiger charge is -2.09. The maximum atomic E-state index is 5.71. The van der Waals surface area contributed by atoms with Crippen LogP contribution < -0.4 is 10.5 Å². The molecule has 1 aromatic carbocycles. The van der Waals surface area contributed by atoms with Gasteiger partial charge in [-0.05, 0) is 43.2 Å². The molecule has 2 rings (SSSR count). The Morgan fingerprint density at radius 1 is 1.18 bits per heavy atom. The van der Waals surface area contributed by atoms with Crippen LogP contribution in [0.2, 0.25) is 0 Å². The smallest absolute Gasteiger partial charge is 0.243 e. The van der Waals surface area contributed by atoms with Gasteiger partial charge in [-0.1, -0.05) is 6.07 Å². The highest BCUT2D eigenvalue weighted by molar-refractivity contribution is 5.36. The van der Waals surface area contributed by atoms with Gasteiger partial charge >= 0.3 is 0 Å². The largest absolute Gasteiger partial charge is 0.437 e. The first-order valence-corrected chi connectivity index (χ1v) is 5.46. The minimum absolute atomic E-state index is 0.385. The molecule has 0 aliphatic carbocycles. The Balaban J connectivity index is 2.31. The molecule has 1 heterocycles. The van der Waals surface area contributed by atoms with Crippen LogP contribution in [0.5, 0.6) is 11.6 Å². The second-order valence-electron chi connectivity index (χ2n) is 3.99. The fourth-order valence-corrected chi connectivity index (χ4v) is 1.69. The van der Waals surface area contributed by atoms with Gasteiger partial charge in [0.2, 0.25) is 5.88 Å². The summed E-state index contributed by atoms with van der Waals surface area (Å²) < 4.78 is 5.71. The highest BCUT2D eigenvalue weighted by Crippen LogP contribution is 2.24. The third-order valence-electron chi connectivity index (χ3n) is 2.40. The Labute approximate surface area is 100 Å². The number of nitrogens with zero attached hydrogens (tertiary/aromatic N) is 2. The number of hydrogen-bond acceptors (Lipinski definition) is 4. The lowest BCUT2D eigenvalue weighted by molar-refractivity contribution is 0.448. The topological polar surface area (TPSA) is 61.0 Å². The molecule has 17 heavy (non-hydrogen) atoms. The maximum Gasteiger partial charge on any atom is 0.243 e. The Morgan fingerprint density at radius 3 is 2.53 bits per heavy atom. The fraction of sp³-hybridized carbons (Fsp3) is 0.231. The normalized spacial score (nSPS) is 10.3. The van der Waals surface area contributed by atoms with Crippen molar-refractivity contribution in [3.05, 3.63) is 47.2 Å². The molecule has 88 valence electrons. The molecule has 0 aliphatic heterocycles. The van der Waals surface area contributed by atoms with E-state index in [0.29, 0.717) is 12.4 Å². The lowest BCUT2D eigenvalue weighted by atomic mass is 10.1. The van der Waals surface area contributed by atoms with Crippen LogP contribution in [0.3, 0.4) is 0 Å². The average molecular weight is 229 g/mol. The number of ether oxygens (including phenoxy) is 1. The monoisotopic (exact) mass is 229 g/mol. The average Bonchev–Trinajstić information content (AvgIpc) is 2.28. The summed E-state index contributed by atoms with van der Waals surface area (Å²) in [4.78, 5) is 0. The molecule has 0 amide bonds. The summed E-state index contributed by atoms with van der Waals surface area (Å²) >= 11 is 0. The van der Waals surface area contributed by atoms with E-state index in [9.17, 15) is 0 Å². The molecule has 0 saturated heterocycles. The third kappa shape index (κ3) is 2.79. The SMILES string of the molecule is Cc1cc(C)cc(Oc2nnccc2CN)c1. The van der Waals surface area contributed by atoms with E-state index in [-0.39, 0.29) is 0 Å². The predicted molar refractivity (Wildman–Crippen MR) is 65.9 cm³/mol. The zero-order valence-corrected chi connectivity index (χ0v) is 9.97. The van der Waals surface area contributed by atoms with Crippen molar-refractivity contribution in [2.75, 3.05) is 0 Å². The van der Waals surface area contributed by atoms with Crippen molar-refractivity contribution in [1.29, 1.82) is 0 Å². The van der Waals surface area contributed by atoms with E-state index in [0.717, 1.165) is 22.4 Å². The first-order chi connectivity index (χ1) is 8.19. The van der Waals surface area contributed by atoms with Crippen molar-refractivity contribution in [2.24, 2.45) is 5.73 Å². The highest BCUT2D eigenvalue weighted by atomic mass is 16.5. The van der Waals surface area contributed by atoms with Gasteiger partial charge in [0.1, 0.15) is 5.75 Å². The van der Waals surface area contributed by atoms with Gasteiger partial charge in [0.15, 0.2) is 0 Å². The number of aryl methyl sites for hydroxylation is 2. The van der Waals surface area contributed by atoms with Gasteiger partial charge in [0, 0.05) is 12.1 Å². The minimum Gasteiger partial charge on any atom is -0.437 e. The van der Waals surface area contributed by atoms with Crippen molar-refractivity contribution < 1.29 is 4.74 Å². The first-order valence-electron chi connectivity index (χ1n) is 5.46. The van der Waals surface area contributed by atoms with Gasteiger partial charge in [-0.2, -0.15) is 5.10 Å². The summed E-state index contributed by atoms with van der Waals surface area (Å²) in [6, 6.07) is 7.82. The maximum absolute atomic E-state index is 5.71. The van der Waals surface area contributed by atoms with E-state index in [1.54, 1.807) is 6.20 Å². The van der Waals surface area contributed by atoms with Crippen LogP contribution in [0.25, 0.3) is 0 Å². The van der Waals surface area contributed by atoms with Gasteiger partial charge in [0.25, 0.3) is 0 Å². The Bertz CT molecular complexity index is 506. The number of nitrogens with two attached hydrogens (primary N) is 1. The molecular formula is C13H15N3O. The van der Waals surface area contributed by atoms with E-state index < -0.39 is 0 Å². The molecule has 0 atom stereocenters. The molecule has 1 aromatic heterocycles. The van der Waals surface area contributed by atoms with E-state index in [2.05, 4.69) is 16.3 Å². The van der Waals surface area contributed by atoms with Gasteiger partial charge in [-0.15, -0.1) is 5.10 Å². The van der Waals surface area contributed by atoms with Crippen molar-refractivity contribution in [2.45, 2.75) is 20.4 Å². The standard InChI is InChI=1S/C13H15N3O/c1-9-5-10(2)7-12(6-9)17-13-11(8-14)3-4-15-16-13/h3-7H,8,14H2,1-2H3. The zero-order valence-electron chi connectivity index (χ0n) is 9.97. The lowest BCUT2D eigenvalue weighted by Crippen LogP contribution is -2.02. The molecule has 0 fully saturated rings. The number of hydrogen-bond donors (Lipinski definition) is 1. The molecule has 0 unspecified atom stereocenters. The second kappa shape index (κ2) is 4.93. The van der Waals surface area contributed by atoms with Gasteiger partial charge in [0.05, 0.1) is 6.20 Å². The van der Waals surface area contributed by atoms with Crippen LogP contribution in [-0.4, -0.2) is 10.2 Å². The first kappa shape index (κ1) is 11.5. The third-order valence-corrected chi connectivity index (χ3v) is 2.40. The summed E-state index contributed by atoms with van der Waals surface area (Å²) in [5, 5.41) is 7.76. The molecule has 0 bridgehead atoms. The quantitative estimate of drug-likeness (QED) is 0.877. The van der Waals surface area contributed by atoms with Gasteiger partial charge in [-0.25, -0.2) is 0 Å². The highest BCUT2D eigenvalue weighted by Gasteiger charge is 2.06. The van der Waals surface area contributed by atoms with Gasteiger partial charge in [-0.3, -0.25) is 0 Å².